The largest absolute Gasteiger partial charge is 0.435 e. The van der Waals surface area contributed by atoms with Crippen LogP contribution in [0.25, 0.3) is 0 Å². The third-order valence-electron chi connectivity index (χ3n) is 4.88. The summed E-state index contributed by atoms with van der Waals surface area (Å²) < 4.78 is 40.2. The molecule has 7 heteroatoms. The van der Waals surface area contributed by atoms with E-state index >= 15 is 0 Å². The lowest BCUT2D eigenvalue weighted by atomic mass is 9.79. The number of carbonyl (C=O) groups excluding carboxylic acids is 1. The predicted molar refractivity (Wildman–Crippen MR) is 87.1 cm³/mol. The van der Waals surface area contributed by atoms with Crippen molar-refractivity contribution in [1.82, 2.24) is 15.1 Å². The molecule has 0 bridgehead atoms. The number of benzene rings is 1. The summed E-state index contributed by atoms with van der Waals surface area (Å²) in [6, 6.07) is 9.85. The molecule has 0 aliphatic heterocycles. The van der Waals surface area contributed by atoms with Gasteiger partial charge in [0.15, 0.2) is 5.69 Å². The highest BCUT2D eigenvalue weighted by molar-refractivity contribution is 5.95. The fourth-order valence-corrected chi connectivity index (χ4v) is 3.62. The van der Waals surface area contributed by atoms with E-state index in [1.165, 1.54) is 7.05 Å². The lowest BCUT2D eigenvalue weighted by Gasteiger charge is -2.30. The molecule has 1 aromatic heterocycles. The number of hydrogen-bond acceptors (Lipinski definition) is 2. The summed E-state index contributed by atoms with van der Waals surface area (Å²) in [5.41, 5.74) is -0.670. The molecule has 0 radical (unpaired) electrons. The van der Waals surface area contributed by atoms with Crippen molar-refractivity contribution in [2.24, 2.45) is 7.05 Å². The van der Waals surface area contributed by atoms with Crippen molar-refractivity contribution in [3.05, 3.63) is 53.3 Å². The third kappa shape index (κ3) is 3.55. The molecule has 1 heterocycles. The zero-order valence-electron chi connectivity index (χ0n) is 13.9. The van der Waals surface area contributed by atoms with Crippen LogP contribution in [0.3, 0.4) is 0 Å². The predicted octanol–water partition coefficient (Wildman–Crippen LogP) is 3.68. The molecule has 1 amide bonds. The number of hydrogen-bond donors (Lipinski definition) is 1. The van der Waals surface area contributed by atoms with Crippen LogP contribution in [0.5, 0.6) is 0 Å². The van der Waals surface area contributed by atoms with Gasteiger partial charge in [-0.1, -0.05) is 43.2 Å². The molecule has 2 aromatic rings. The molecule has 134 valence electrons. The minimum atomic E-state index is -4.65. The van der Waals surface area contributed by atoms with Gasteiger partial charge in [-0.2, -0.15) is 18.3 Å². The standard InChI is InChI=1S/C18H20F3N3O/c1-24-11-14(15(23-24)18(19,20)21)16(25)22-12-17(9-5-6-10-17)13-7-3-2-4-8-13/h2-4,7-8,11H,5-6,9-10,12H2,1H3,(H,22,25). The maximum atomic E-state index is 13.0. The van der Waals surface area contributed by atoms with Crippen molar-refractivity contribution in [3.63, 3.8) is 0 Å². The summed E-state index contributed by atoms with van der Waals surface area (Å²) >= 11 is 0. The van der Waals surface area contributed by atoms with Crippen molar-refractivity contribution in [3.8, 4) is 0 Å². The van der Waals surface area contributed by atoms with Crippen LogP contribution in [0.1, 0.15) is 47.3 Å². The molecule has 0 spiro atoms. The SMILES string of the molecule is Cn1cc(C(=O)NCC2(c3ccccc3)CCCC2)c(C(F)(F)F)n1. The molecule has 1 aliphatic carbocycles. The molecule has 1 saturated carbocycles. The lowest BCUT2D eigenvalue weighted by molar-refractivity contribution is -0.141. The highest BCUT2D eigenvalue weighted by Gasteiger charge is 2.40. The van der Waals surface area contributed by atoms with Crippen molar-refractivity contribution in [1.29, 1.82) is 0 Å². The van der Waals surface area contributed by atoms with E-state index in [1.54, 1.807) is 0 Å². The van der Waals surface area contributed by atoms with E-state index in [0.717, 1.165) is 42.1 Å². The summed E-state index contributed by atoms with van der Waals surface area (Å²) in [5, 5.41) is 6.10. The summed E-state index contributed by atoms with van der Waals surface area (Å²) in [5.74, 6) is -0.734. The van der Waals surface area contributed by atoms with E-state index in [1.807, 2.05) is 30.3 Å². The molecule has 1 aromatic carbocycles. The van der Waals surface area contributed by atoms with Crippen molar-refractivity contribution < 1.29 is 18.0 Å². The van der Waals surface area contributed by atoms with Crippen molar-refractivity contribution in [2.75, 3.05) is 6.54 Å². The first-order valence-corrected chi connectivity index (χ1v) is 8.26. The Bertz CT molecular complexity index is 747. The minimum Gasteiger partial charge on any atom is -0.351 e. The maximum absolute atomic E-state index is 13.0. The highest BCUT2D eigenvalue weighted by atomic mass is 19.4. The Morgan fingerprint density at radius 2 is 1.88 bits per heavy atom. The molecule has 4 nitrogen and oxygen atoms in total. The molecular weight excluding hydrogens is 331 g/mol. The van der Waals surface area contributed by atoms with Crippen molar-refractivity contribution in [2.45, 2.75) is 37.3 Å². The fourth-order valence-electron chi connectivity index (χ4n) is 3.62. The second kappa shape index (κ2) is 6.54. The Morgan fingerprint density at radius 1 is 1.24 bits per heavy atom. The Morgan fingerprint density at radius 3 is 2.48 bits per heavy atom. The average Bonchev–Trinajstić information content (AvgIpc) is 3.20. The van der Waals surface area contributed by atoms with Crippen LogP contribution in [-0.4, -0.2) is 22.2 Å². The van der Waals surface area contributed by atoms with Crippen LogP contribution in [0.4, 0.5) is 13.2 Å². The molecule has 1 fully saturated rings. The first-order chi connectivity index (χ1) is 11.8. The van der Waals surface area contributed by atoms with Crippen LogP contribution < -0.4 is 5.32 Å². The molecule has 1 aliphatic rings. The molecule has 0 unspecified atom stereocenters. The second-order valence-electron chi connectivity index (χ2n) is 6.60. The Kier molecular flexibility index (Phi) is 4.58. The van der Waals surface area contributed by atoms with Gasteiger partial charge in [0.05, 0.1) is 5.56 Å². The van der Waals surface area contributed by atoms with Gasteiger partial charge in [0.2, 0.25) is 0 Å². The monoisotopic (exact) mass is 351 g/mol. The summed E-state index contributed by atoms with van der Waals surface area (Å²) in [7, 11) is 1.37. The van der Waals surface area contributed by atoms with Gasteiger partial charge in [-0.15, -0.1) is 0 Å². The maximum Gasteiger partial charge on any atom is 0.435 e. The summed E-state index contributed by atoms with van der Waals surface area (Å²) in [4.78, 5) is 12.4. The zero-order valence-corrected chi connectivity index (χ0v) is 13.9. The molecule has 1 N–H and O–H groups in total. The average molecular weight is 351 g/mol. The number of alkyl halides is 3. The third-order valence-corrected chi connectivity index (χ3v) is 4.88. The second-order valence-corrected chi connectivity index (χ2v) is 6.60. The van der Waals surface area contributed by atoms with Crippen LogP contribution in [0.2, 0.25) is 0 Å². The topological polar surface area (TPSA) is 46.9 Å². The van der Waals surface area contributed by atoms with Crippen molar-refractivity contribution >= 4 is 5.91 Å². The van der Waals surface area contributed by atoms with Crippen LogP contribution in [0.15, 0.2) is 36.5 Å². The number of rotatable bonds is 4. The van der Waals surface area contributed by atoms with Gasteiger partial charge < -0.3 is 5.32 Å². The number of aromatic nitrogens is 2. The quantitative estimate of drug-likeness (QED) is 0.913. The van der Waals surface area contributed by atoms with Gasteiger partial charge in [-0.05, 0) is 18.4 Å². The van der Waals surface area contributed by atoms with E-state index < -0.39 is 23.3 Å². The van der Waals surface area contributed by atoms with Gasteiger partial charge in [-0.3, -0.25) is 9.48 Å². The Balaban J connectivity index is 1.80. The van der Waals surface area contributed by atoms with Crippen LogP contribution in [0, 0.1) is 0 Å². The van der Waals surface area contributed by atoms with E-state index in [0.29, 0.717) is 6.54 Å². The number of carbonyl (C=O) groups is 1. The number of nitrogens with one attached hydrogen (secondary N) is 1. The van der Waals surface area contributed by atoms with Gasteiger partial charge >= 0.3 is 6.18 Å². The van der Waals surface area contributed by atoms with Gasteiger partial charge in [-0.25, -0.2) is 0 Å². The van der Waals surface area contributed by atoms with E-state index in [2.05, 4.69) is 10.4 Å². The highest BCUT2D eigenvalue weighted by Crippen LogP contribution is 2.40. The molecule has 0 atom stereocenters. The molecule has 0 saturated heterocycles. The van der Waals surface area contributed by atoms with Gasteiger partial charge in [0, 0.05) is 25.2 Å². The molecule has 25 heavy (non-hydrogen) atoms. The van der Waals surface area contributed by atoms with Crippen LogP contribution in [-0.2, 0) is 18.6 Å². The normalized spacial score (nSPS) is 16.8. The first kappa shape index (κ1) is 17.5. The summed E-state index contributed by atoms with van der Waals surface area (Å²) in [6.45, 7) is 0.321. The number of nitrogens with zero attached hydrogens (tertiary/aromatic N) is 2. The smallest absolute Gasteiger partial charge is 0.351 e. The number of aryl methyl sites for hydroxylation is 1. The Labute approximate surface area is 144 Å². The molecular formula is C18H20F3N3O. The lowest BCUT2D eigenvalue weighted by Crippen LogP contribution is -2.39. The first-order valence-electron chi connectivity index (χ1n) is 8.26. The van der Waals surface area contributed by atoms with E-state index in [4.69, 9.17) is 0 Å². The number of halogens is 3. The summed E-state index contributed by atoms with van der Waals surface area (Å²) in [6.07, 6.45) is 0.379. The van der Waals surface area contributed by atoms with Gasteiger partial charge in [0.1, 0.15) is 0 Å². The molecule has 3 rings (SSSR count). The fraction of sp³-hybridized carbons (Fsp3) is 0.444. The van der Waals surface area contributed by atoms with E-state index in [-0.39, 0.29) is 5.41 Å². The zero-order chi connectivity index (χ0) is 18.1. The van der Waals surface area contributed by atoms with E-state index in [9.17, 15) is 18.0 Å². The van der Waals surface area contributed by atoms with Crippen LogP contribution >= 0.6 is 0 Å². The Hall–Kier alpha value is -2.31. The van der Waals surface area contributed by atoms with Gasteiger partial charge in [0.25, 0.3) is 5.91 Å². The minimum absolute atomic E-state index is 0.211. The number of amides is 1.